The van der Waals surface area contributed by atoms with E-state index in [9.17, 15) is 9.18 Å². The van der Waals surface area contributed by atoms with Crippen LogP contribution in [-0.2, 0) is 0 Å². The van der Waals surface area contributed by atoms with Crippen LogP contribution in [0.4, 0.5) is 10.1 Å². The number of carbonyl (C=O) groups excluding carboxylic acids is 1. The molecule has 0 radical (unpaired) electrons. The normalized spacial score (nSPS) is 10.8. The van der Waals surface area contributed by atoms with Gasteiger partial charge in [-0.1, -0.05) is 29.8 Å². The number of nitrogens with one attached hydrogen (secondary N) is 1. The molecule has 1 heterocycles. The molecule has 0 atom stereocenters. The largest absolute Gasteiger partial charge is 0.319 e. The summed E-state index contributed by atoms with van der Waals surface area (Å²) < 4.78 is 14.8. The van der Waals surface area contributed by atoms with Crippen molar-refractivity contribution >= 4 is 11.6 Å². The minimum absolute atomic E-state index is 0.0362. The van der Waals surface area contributed by atoms with Gasteiger partial charge in [0.2, 0.25) is 5.82 Å². The van der Waals surface area contributed by atoms with Crippen LogP contribution in [0.25, 0.3) is 17.1 Å². The first-order chi connectivity index (χ1) is 14.4. The van der Waals surface area contributed by atoms with Gasteiger partial charge >= 0.3 is 0 Å². The number of amides is 1. The highest BCUT2D eigenvalue weighted by Gasteiger charge is 2.19. The van der Waals surface area contributed by atoms with Crippen molar-refractivity contribution in [3.8, 4) is 17.1 Å². The molecule has 150 valence electrons. The van der Waals surface area contributed by atoms with Crippen molar-refractivity contribution in [2.24, 2.45) is 0 Å². The number of carbonyl (C=O) groups is 1. The summed E-state index contributed by atoms with van der Waals surface area (Å²) in [6.07, 6.45) is 0. The number of nitrogens with zero attached hydrogens (tertiary/aromatic N) is 3. The lowest BCUT2D eigenvalue weighted by atomic mass is 10.1. The van der Waals surface area contributed by atoms with Gasteiger partial charge in [-0.25, -0.2) is 14.1 Å². The van der Waals surface area contributed by atoms with Crippen LogP contribution in [0, 0.1) is 26.6 Å². The highest BCUT2D eigenvalue weighted by molar-refractivity contribution is 6.01. The maximum absolute atomic E-state index is 13.1. The van der Waals surface area contributed by atoms with Gasteiger partial charge in [-0.15, -0.1) is 5.10 Å². The molecule has 1 N–H and O–H groups in total. The predicted octanol–water partition coefficient (Wildman–Crippen LogP) is 5.25. The van der Waals surface area contributed by atoms with Gasteiger partial charge < -0.3 is 5.32 Å². The fourth-order valence-corrected chi connectivity index (χ4v) is 3.14. The third kappa shape index (κ3) is 3.98. The minimum atomic E-state index is -0.460. The third-order valence-electron chi connectivity index (χ3n) is 4.92. The first kappa shape index (κ1) is 19.5. The topological polar surface area (TPSA) is 59.8 Å². The number of hydrogen-bond acceptors (Lipinski definition) is 3. The first-order valence-corrected chi connectivity index (χ1v) is 9.59. The molecule has 0 aliphatic rings. The average Bonchev–Trinajstić information content (AvgIpc) is 3.17. The molecule has 0 saturated heterocycles. The zero-order valence-electron chi connectivity index (χ0n) is 17.0. The van der Waals surface area contributed by atoms with Gasteiger partial charge in [0.05, 0.1) is 5.69 Å². The van der Waals surface area contributed by atoms with Crippen LogP contribution in [0.3, 0.4) is 0 Å². The average molecular weight is 400 g/mol. The quantitative estimate of drug-likeness (QED) is 0.509. The Bertz CT molecular complexity index is 1230. The zero-order valence-corrected chi connectivity index (χ0v) is 17.0. The summed E-state index contributed by atoms with van der Waals surface area (Å²) in [5, 5.41) is 7.21. The van der Waals surface area contributed by atoms with Crippen LogP contribution in [0.1, 0.15) is 27.3 Å². The molecule has 4 aromatic rings. The van der Waals surface area contributed by atoms with Gasteiger partial charge in [0.15, 0.2) is 5.82 Å². The number of hydrogen-bond donors (Lipinski definition) is 1. The van der Waals surface area contributed by atoms with E-state index in [1.165, 1.54) is 29.8 Å². The van der Waals surface area contributed by atoms with E-state index in [4.69, 9.17) is 0 Å². The highest BCUT2D eigenvalue weighted by atomic mass is 19.1. The van der Waals surface area contributed by atoms with Crippen LogP contribution in [0.5, 0.6) is 0 Å². The summed E-state index contributed by atoms with van der Waals surface area (Å²) in [6, 6.07) is 19.4. The van der Waals surface area contributed by atoms with E-state index in [1.807, 2.05) is 63.2 Å². The molecule has 0 aliphatic carbocycles. The molecule has 0 bridgehead atoms. The zero-order chi connectivity index (χ0) is 21.3. The Morgan fingerprint density at radius 3 is 2.40 bits per heavy atom. The third-order valence-corrected chi connectivity index (χ3v) is 4.92. The van der Waals surface area contributed by atoms with Crippen molar-refractivity contribution in [2.75, 3.05) is 5.32 Å². The number of aryl methyl sites for hydroxylation is 3. The second-order valence-electron chi connectivity index (χ2n) is 7.27. The van der Waals surface area contributed by atoms with Crippen LogP contribution in [0.15, 0.2) is 66.7 Å². The Labute approximate surface area is 174 Å². The second-order valence-corrected chi connectivity index (χ2v) is 7.27. The molecule has 0 saturated carbocycles. The Morgan fingerprint density at radius 2 is 1.70 bits per heavy atom. The summed E-state index contributed by atoms with van der Waals surface area (Å²) in [4.78, 5) is 17.3. The lowest BCUT2D eigenvalue weighted by molar-refractivity contribution is 0.101. The van der Waals surface area contributed by atoms with Gasteiger partial charge in [-0.3, -0.25) is 4.79 Å². The maximum Gasteiger partial charge on any atom is 0.295 e. The van der Waals surface area contributed by atoms with Crippen LogP contribution < -0.4 is 5.32 Å². The summed E-state index contributed by atoms with van der Waals surface area (Å²) in [6.45, 7) is 6.08. The van der Waals surface area contributed by atoms with E-state index in [0.717, 1.165) is 22.4 Å². The molecule has 0 fully saturated rings. The molecular formula is C24H21FN4O. The molecule has 0 aliphatic heterocycles. The Morgan fingerprint density at radius 1 is 0.933 bits per heavy atom. The number of aromatic nitrogens is 3. The summed E-state index contributed by atoms with van der Waals surface area (Å²) in [5.41, 5.74) is 5.53. The lowest BCUT2D eigenvalue weighted by Gasteiger charge is -2.08. The van der Waals surface area contributed by atoms with E-state index >= 15 is 0 Å². The standard InChI is InChI=1S/C24H21FN4O/c1-15-5-4-6-18(13-15)23-27-22(24(30)26-20-10-8-19(25)9-11-20)28-29(23)21-12-7-16(2)17(3)14-21/h4-14H,1-3H3,(H,26,30). The Balaban J connectivity index is 1.77. The van der Waals surface area contributed by atoms with E-state index in [1.54, 1.807) is 4.68 Å². The molecule has 1 aromatic heterocycles. The van der Waals surface area contributed by atoms with Crippen LogP contribution in [0.2, 0.25) is 0 Å². The van der Waals surface area contributed by atoms with E-state index in [-0.39, 0.29) is 11.6 Å². The Hall–Kier alpha value is -3.80. The van der Waals surface area contributed by atoms with Crippen molar-refractivity contribution in [3.63, 3.8) is 0 Å². The molecule has 30 heavy (non-hydrogen) atoms. The molecule has 3 aromatic carbocycles. The fraction of sp³-hybridized carbons (Fsp3) is 0.125. The van der Waals surface area contributed by atoms with Crippen molar-refractivity contribution < 1.29 is 9.18 Å². The van der Waals surface area contributed by atoms with E-state index in [0.29, 0.717) is 11.5 Å². The lowest BCUT2D eigenvalue weighted by Crippen LogP contribution is -2.14. The van der Waals surface area contributed by atoms with Crippen molar-refractivity contribution in [3.05, 3.63) is 95.1 Å². The summed E-state index contributed by atoms with van der Waals surface area (Å²) in [5.74, 6) is -0.217. The van der Waals surface area contributed by atoms with Gasteiger partial charge in [-0.2, -0.15) is 0 Å². The molecular weight excluding hydrogens is 379 g/mol. The molecule has 0 unspecified atom stereocenters. The maximum atomic E-state index is 13.1. The number of rotatable bonds is 4. The van der Waals surface area contributed by atoms with E-state index in [2.05, 4.69) is 15.4 Å². The summed E-state index contributed by atoms with van der Waals surface area (Å²) >= 11 is 0. The monoisotopic (exact) mass is 400 g/mol. The smallest absolute Gasteiger partial charge is 0.295 e. The molecule has 1 amide bonds. The molecule has 6 heteroatoms. The Kier molecular flexibility index (Phi) is 5.14. The molecule has 4 rings (SSSR count). The number of benzene rings is 3. The second kappa shape index (κ2) is 7.91. The SMILES string of the molecule is Cc1cccc(-c2nc(C(=O)Nc3ccc(F)cc3)nn2-c2ccc(C)c(C)c2)c1. The van der Waals surface area contributed by atoms with Crippen LogP contribution in [-0.4, -0.2) is 20.7 Å². The van der Waals surface area contributed by atoms with Gasteiger partial charge in [0.25, 0.3) is 5.91 Å². The number of anilines is 1. The summed E-state index contributed by atoms with van der Waals surface area (Å²) in [7, 11) is 0. The van der Waals surface area contributed by atoms with E-state index < -0.39 is 5.91 Å². The van der Waals surface area contributed by atoms with Crippen LogP contribution >= 0.6 is 0 Å². The molecule has 0 spiro atoms. The van der Waals surface area contributed by atoms with Gasteiger partial charge in [-0.05, 0) is 74.4 Å². The van der Waals surface area contributed by atoms with Gasteiger partial charge in [0, 0.05) is 11.3 Å². The van der Waals surface area contributed by atoms with Gasteiger partial charge in [0.1, 0.15) is 5.82 Å². The molecule has 5 nitrogen and oxygen atoms in total. The first-order valence-electron chi connectivity index (χ1n) is 9.59. The predicted molar refractivity (Wildman–Crippen MR) is 115 cm³/mol. The van der Waals surface area contributed by atoms with Crippen molar-refractivity contribution in [2.45, 2.75) is 20.8 Å². The number of halogens is 1. The highest BCUT2D eigenvalue weighted by Crippen LogP contribution is 2.24. The van der Waals surface area contributed by atoms with Crippen molar-refractivity contribution in [1.29, 1.82) is 0 Å². The minimum Gasteiger partial charge on any atom is -0.319 e. The van der Waals surface area contributed by atoms with Crippen molar-refractivity contribution in [1.82, 2.24) is 14.8 Å². The fourth-order valence-electron chi connectivity index (χ4n) is 3.14.